The monoisotopic (exact) mass is 298 g/mol. The van der Waals surface area contributed by atoms with Gasteiger partial charge in [0.25, 0.3) is 0 Å². The summed E-state index contributed by atoms with van der Waals surface area (Å²) in [5.41, 5.74) is 5.88. The van der Waals surface area contributed by atoms with Crippen molar-refractivity contribution in [3.8, 4) is 0 Å². The van der Waals surface area contributed by atoms with Gasteiger partial charge >= 0.3 is 0 Å². The van der Waals surface area contributed by atoms with E-state index in [1.807, 2.05) is 17.0 Å². The van der Waals surface area contributed by atoms with Crippen LogP contribution in [0.25, 0.3) is 0 Å². The third kappa shape index (κ3) is 5.54. The van der Waals surface area contributed by atoms with Gasteiger partial charge in [0.05, 0.1) is 18.4 Å². The Hall–Kier alpha value is -1.01. The highest BCUT2D eigenvalue weighted by Crippen LogP contribution is 2.21. The zero-order valence-electron chi connectivity index (χ0n) is 12.8. The molecule has 0 aliphatic rings. The van der Waals surface area contributed by atoms with Gasteiger partial charge in [-0.3, -0.25) is 4.79 Å². The lowest BCUT2D eigenvalue weighted by Gasteiger charge is -2.32. The molecule has 0 saturated carbocycles. The van der Waals surface area contributed by atoms with E-state index >= 15 is 0 Å². The summed E-state index contributed by atoms with van der Waals surface area (Å²) in [6.45, 7) is 7.04. The van der Waals surface area contributed by atoms with Crippen molar-refractivity contribution in [2.45, 2.75) is 45.8 Å². The number of imidazole rings is 1. The number of nitrogens with zero attached hydrogens (tertiary/aromatic N) is 2. The van der Waals surface area contributed by atoms with Crippen LogP contribution in [0.1, 0.15) is 27.2 Å². The number of aromatic nitrogens is 2. The molecule has 0 radical (unpaired) electrons. The average Bonchev–Trinajstić information content (AvgIpc) is 2.86. The van der Waals surface area contributed by atoms with Crippen LogP contribution in [0.3, 0.4) is 0 Å². The molecule has 6 heteroatoms. The molecule has 1 heterocycles. The molecule has 0 bridgehead atoms. The second-order valence-corrected chi connectivity index (χ2v) is 7.06. The van der Waals surface area contributed by atoms with E-state index in [0.29, 0.717) is 13.0 Å². The van der Waals surface area contributed by atoms with Crippen LogP contribution in [0.5, 0.6) is 0 Å². The largest absolute Gasteiger partial charge is 0.350 e. The number of hydrogen-bond donors (Lipinski definition) is 2. The number of nitrogens with one attached hydrogen (secondary N) is 1. The molecule has 0 spiro atoms. The highest BCUT2D eigenvalue weighted by atomic mass is 32.2. The fraction of sp³-hybridized carbons (Fsp3) is 0.714. The Morgan fingerprint density at radius 2 is 2.20 bits per heavy atom. The van der Waals surface area contributed by atoms with Gasteiger partial charge in [-0.25, -0.2) is 4.98 Å². The van der Waals surface area contributed by atoms with E-state index in [9.17, 15) is 4.79 Å². The Morgan fingerprint density at radius 1 is 1.50 bits per heavy atom. The maximum atomic E-state index is 12.2. The van der Waals surface area contributed by atoms with Crippen LogP contribution in [0.4, 0.5) is 0 Å². The van der Waals surface area contributed by atoms with Gasteiger partial charge in [0.1, 0.15) is 0 Å². The second-order valence-electron chi connectivity index (χ2n) is 6.07. The van der Waals surface area contributed by atoms with Crippen LogP contribution in [0, 0.1) is 5.41 Å². The molecule has 2 atom stereocenters. The molecular weight excluding hydrogens is 272 g/mol. The normalized spacial score (nSPS) is 14.8. The van der Waals surface area contributed by atoms with Crippen molar-refractivity contribution in [1.29, 1.82) is 0 Å². The molecule has 0 saturated heterocycles. The molecule has 3 N–H and O–H groups in total. The van der Waals surface area contributed by atoms with E-state index in [2.05, 4.69) is 31.1 Å². The fourth-order valence-electron chi connectivity index (χ4n) is 1.80. The highest BCUT2D eigenvalue weighted by Gasteiger charge is 2.28. The Bertz CT molecular complexity index is 400. The maximum absolute atomic E-state index is 12.2. The third-order valence-electron chi connectivity index (χ3n) is 3.28. The molecule has 1 aromatic heterocycles. The van der Waals surface area contributed by atoms with E-state index in [4.69, 9.17) is 5.73 Å². The van der Waals surface area contributed by atoms with Gasteiger partial charge in [-0.2, -0.15) is 11.8 Å². The Balaban J connectivity index is 2.63. The lowest BCUT2D eigenvalue weighted by atomic mass is 9.86. The quantitative estimate of drug-likeness (QED) is 0.800. The highest BCUT2D eigenvalue weighted by molar-refractivity contribution is 7.98. The minimum absolute atomic E-state index is 0.0181. The van der Waals surface area contributed by atoms with Crippen molar-refractivity contribution in [1.82, 2.24) is 14.9 Å². The Kier molecular flexibility index (Phi) is 6.55. The summed E-state index contributed by atoms with van der Waals surface area (Å²) in [7, 11) is 0. The van der Waals surface area contributed by atoms with E-state index in [0.717, 1.165) is 5.75 Å². The lowest BCUT2D eigenvalue weighted by molar-refractivity contribution is -0.124. The third-order valence-corrected chi connectivity index (χ3v) is 3.93. The minimum Gasteiger partial charge on any atom is -0.350 e. The maximum Gasteiger partial charge on any atom is 0.237 e. The first-order chi connectivity index (χ1) is 9.34. The van der Waals surface area contributed by atoms with E-state index in [1.54, 1.807) is 24.3 Å². The summed E-state index contributed by atoms with van der Waals surface area (Å²) in [5.74, 6) is 0.829. The number of hydrogen-bond acceptors (Lipinski definition) is 4. The molecular formula is C14H26N4OS. The van der Waals surface area contributed by atoms with Gasteiger partial charge in [0.2, 0.25) is 5.91 Å². The SMILES string of the molecule is CSCC[C@@H](N)C(=O)NC(Cn1ccnc1)C(C)(C)C. The molecule has 1 unspecified atom stereocenters. The first-order valence-corrected chi connectivity index (χ1v) is 8.24. The molecule has 114 valence electrons. The minimum atomic E-state index is -0.435. The molecule has 20 heavy (non-hydrogen) atoms. The first kappa shape index (κ1) is 17.0. The standard InChI is InChI=1S/C14H26N4OS/c1-14(2,3)12(9-18-7-6-16-10-18)17-13(19)11(15)5-8-20-4/h6-7,10-12H,5,8-9,15H2,1-4H3,(H,17,19)/t11-,12?/m1/s1. The summed E-state index contributed by atoms with van der Waals surface area (Å²) in [6.07, 6.45) is 8.12. The number of thioether (sulfide) groups is 1. The topological polar surface area (TPSA) is 72.9 Å². The van der Waals surface area contributed by atoms with Crippen molar-refractivity contribution >= 4 is 17.7 Å². The number of nitrogens with two attached hydrogens (primary N) is 1. The van der Waals surface area contributed by atoms with Crippen LogP contribution in [0.2, 0.25) is 0 Å². The summed E-state index contributed by atoms with van der Waals surface area (Å²) in [6, 6.07) is -0.417. The van der Waals surface area contributed by atoms with Gasteiger partial charge in [-0.15, -0.1) is 0 Å². The Labute approximate surface area is 125 Å². The van der Waals surface area contributed by atoms with Gasteiger partial charge in [-0.05, 0) is 23.8 Å². The molecule has 0 aliphatic heterocycles. The summed E-state index contributed by atoms with van der Waals surface area (Å²) in [5, 5.41) is 3.08. The molecule has 0 aliphatic carbocycles. The number of carbonyl (C=O) groups excluding carboxylic acids is 1. The van der Waals surface area contributed by atoms with Gasteiger partial charge in [0, 0.05) is 18.9 Å². The van der Waals surface area contributed by atoms with Gasteiger partial charge in [-0.1, -0.05) is 20.8 Å². The van der Waals surface area contributed by atoms with E-state index in [-0.39, 0.29) is 17.4 Å². The summed E-state index contributed by atoms with van der Waals surface area (Å²) in [4.78, 5) is 16.2. The number of amides is 1. The van der Waals surface area contributed by atoms with Crippen molar-refractivity contribution in [3.05, 3.63) is 18.7 Å². The molecule has 1 aromatic rings. The van der Waals surface area contributed by atoms with Crippen molar-refractivity contribution < 1.29 is 4.79 Å². The zero-order chi connectivity index (χ0) is 15.2. The van der Waals surface area contributed by atoms with Crippen molar-refractivity contribution in [3.63, 3.8) is 0 Å². The number of carbonyl (C=O) groups is 1. The van der Waals surface area contributed by atoms with Crippen molar-refractivity contribution in [2.75, 3.05) is 12.0 Å². The van der Waals surface area contributed by atoms with Crippen LogP contribution in [-0.4, -0.2) is 39.6 Å². The molecule has 5 nitrogen and oxygen atoms in total. The van der Waals surface area contributed by atoms with Crippen LogP contribution < -0.4 is 11.1 Å². The summed E-state index contributed by atoms with van der Waals surface area (Å²) < 4.78 is 1.98. The van der Waals surface area contributed by atoms with E-state index in [1.165, 1.54) is 0 Å². The lowest BCUT2D eigenvalue weighted by Crippen LogP contribution is -2.51. The van der Waals surface area contributed by atoms with Crippen LogP contribution in [0.15, 0.2) is 18.7 Å². The average molecular weight is 298 g/mol. The second kappa shape index (κ2) is 7.69. The molecule has 0 aromatic carbocycles. The molecule has 0 fully saturated rings. The van der Waals surface area contributed by atoms with Gasteiger partial charge in [0.15, 0.2) is 0 Å². The number of rotatable bonds is 7. The fourth-order valence-corrected chi connectivity index (χ4v) is 2.29. The predicted octanol–water partition coefficient (Wildman–Crippen LogP) is 1.49. The zero-order valence-corrected chi connectivity index (χ0v) is 13.6. The molecule has 1 amide bonds. The first-order valence-electron chi connectivity index (χ1n) is 6.85. The Morgan fingerprint density at radius 3 is 2.70 bits per heavy atom. The van der Waals surface area contributed by atoms with Gasteiger partial charge < -0.3 is 15.6 Å². The van der Waals surface area contributed by atoms with Crippen LogP contribution in [-0.2, 0) is 11.3 Å². The van der Waals surface area contributed by atoms with Crippen molar-refractivity contribution in [2.24, 2.45) is 11.1 Å². The van der Waals surface area contributed by atoms with Crippen LogP contribution >= 0.6 is 11.8 Å². The molecule has 1 rings (SSSR count). The smallest absolute Gasteiger partial charge is 0.237 e. The van der Waals surface area contributed by atoms with E-state index < -0.39 is 6.04 Å². The summed E-state index contributed by atoms with van der Waals surface area (Å²) >= 11 is 1.70. The predicted molar refractivity (Wildman–Crippen MR) is 84.6 cm³/mol.